The lowest BCUT2D eigenvalue weighted by molar-refractivity contribution is 0.109. The lowest BCUT2D eigenvalue weighted by Gasteiger charge is -2.17. The predicted molar refractivity (Wildman–Crippen MR) is 65.8 cm³/mol. The highest BCUT2D eigenvalue weighted by molar-refractivity contribution is 4.67. The van der Waals surface area contributed by atoms with Gasteiger partial charge in [-0.15, -0.1) is 0 Å². The summed E-state index contributed by atoms with van der Waals surface area (Å²) in [5, 5.41) is 3.45. The molecule has 0 aromatic rings. The van der Waals surface area contributed by atoms with Crippen molar-refractivity contribution in [1.29, 1.82) is 0 Å². The van der Waals surface area contributed by atoms with Gasteiger partial charge in [-0.1, -0.05) is 0 Å². The Labute approximate surface area is 99.3 Å². The molecule has 1 saturated heterocycles. The highest BCUT2D eigenvalue weighted by Gasteiger charge is 2.14. The van der Waals surface area contributed by atoms with Crippen LogP contribution in [-0.4, -0.2) is 64.6 Å². The first-order chi connectivity index (χ1) is 7.83. The van der Waals surface area contributed by atoms with Crippen LogP contribution >= 0.6 is 0 Å². The first-order valence-corrected chi connectivity index (χ1v) is 6.32. The highest BCUT2D eigenvalue weighted by atomic mass is 16.5. The number of rotatable bonds is 9. The van der Waals surface area contributed by atoms with Crippen LogP contribution in [0.15, 0.2) is 0 Å². The summed E-state index contributed by atoms with van der Waals surface area (Å²) in [6.07, 6.45) is 4.01. The van der Waals surface area contributed by atoms with Gasteiger partial charge in [0.25, 0.3) is 0 Å². The molecule has 1 rings (SSSR count). The first kappa shape index (κ1) is 13.9. The number of hydrogen-bond acceptors (Lipinski definition) is 4. The van der Waals surface area contributed by atoms with E-state index in [0.717, 1.165) is 45.8 Å². The van der Waals surface area contributed by atoms with Gasteiger partial charge >= 0.3 is 0 Å². The molecular formula is C12H26N2O2. The second-order valence-corrected chi connectivity index (χ2v) is 4.49. The first-order valence-electron chi connectivity index (χ1n) is 6.32. The van der Waals surface area contributed by atoms with Crippen LogP contribution in [0.5, 0.6) is 0 Å². The summed E-state index contributed by atoms with van der Waals surface area (Å²) < 4.78 is 10.6. The number of nitrogens with one attached hydrogen (secondary N) is 1. The zero-order chi connectivity index (χ0) is 11.6. The van der Waals surface area contributed by atoms with Crippen LogP contribution in [0.25, 0.3) is 0 Å². The molecule has 1 fully saturated rings. The molecule has 1 N–H and O–H groups in total. The third-order valence-electron chi connectivity index (χ3n) is 2.95. The largest absolute Gasteiger partial charge is 0.385 e. The molecule has 0 aromatic heterocycles. The van der Waals surface area contributed by atoms with E-state index in [1.54, 1.807) is 7.11 Å². The highest BCUT2D eigenvalue weighted by Crippen LogP contribution is 2.10. The van der Waals surface area contributed by atoms with E-state index in [1.165, 1.54) is 12.8 Å². The summed E-state index contributed by atoms with van der Waals surface area (Å²) in [6, 6.07) is 0. The summed E-state index contributed by atoms with van der Waals surface area (Å²) in [4.78, 5) is 2.33. The molecule has 0 spiro atoms. The van der Waals surface area contributed by atoms with Crippen LogP contribution < -0.4 is 5.32 Å². The fraction of sp³-hybridized carbons (Fsp3) is 1.00. The fourth-order valence-corrected chi connectivity index (χ4v) is 1.93. The minimum atomic E-state index is 0.457. The predicted octanol–water partition coefficient (Wildman–Crippen LogP) is 0.723. The van der Waals surface area contributed by atoms with Gasteiger partial charge in [-0.2, -0.15) is 0 Å². The Morgan fingerprint density at radius 1 is 1.44 bits per heavy atom. The standard InChI is InChI=1S/C12H26N2O2/c1-14(7-4-9-15-2)8-6-13-11-12-5-3-10-16-12/h12-13H,3-11H2,1-2H3. The lowest BCUT2D eigenvalue weighted by Crippen LogP contribution is -2.34. The van der Waals surface area contributed by atoms with Gasteiger partial charge in [0.2, 0.25) is 0 Å². The Kier molecular flexibility index (Phi) is 7.76. The monoisotopic (exact) mass is 230 g/mol. The van der Waals surface area contributed by atoms with Crippen LogP contribution in [0, 0.1) is 0 Å². The lowest BCUT2D eigenvalue weighted by atomic mass is 10.2. The molecule has 1 atom stereocenters. The van der Waals surface area contributed by atoms with Crippen LogP contribution in [-0.2, 0) is 9.47 Å². The van der Waals surface area contributed by atoms with E-state index in [-0.39, 0.29) is 0 Å². The van der Waals surface area contributed by atoms with E-state index in [2.05, 4.69) is 17.3 Å². The molecular weight excluding hydrogens is 204 g/mol. The molecule has 4 nitrogen and oxygen atoms in total. The molecule has 0 radical (unpaired) electrons. The van der Waals surface area contributed by atoms with Crippen molar-refractivity contribution in [1.82, 2.24) is 10.2 Å². The number of likely N-dealkylation sites (N-methyl/N-ethyl adjacent to an activating group) is 1. The Balaban J connectivity index is 1.85. The van der Waals surface area contributed by atoms with E-state index in [4.69, 9.17) is 9.47 Å². The van der Waals surface area contributed by atoms with Crippen molar-refractivity contribution in [3.05, 3.63) is 0 Å². The average Bonchev–Trinajstić information content (AvgIpc) is 2.78. The maximum atomic E-state index is 5.55. The van der Waals surface area contributed by atoms with Crippen molar-refractivity contribution >= 4 is 0 Å². The van der Waals surface area contributed by atoms with Gasteiger partial charge in [-0.25, -0.2) is 0 Å². The van der Waals surface area contributed by atoms with E-state index in [0.29, 0.717) is 6.10 Å². The second-order valence-electron chi connectivity index (χ2n) is 4.49. The van der Waals surface area contributed by atoms with Gasteiger partial charge in [0, 0.05) is 46.5 Å². The summed E-state index contributed by atoms with van der Waals surface area (Å²) in [6.45, 7) is 6.05. The number of methoxy groups -OCH3 is 1. The van der Waals surface area contributed by atoms with E-state index in [1.807, 2.05) is 0 Å². The van der Waals surface area contributed by atoms with Crippen molar-refractivity contribution in [3.63, 3.8) is 0 Å². The molecule has 0 aliphatic carbocycles. The fourth-order valence-electron chi connectivity index (χ4n) is 1.93. The van der Waals surface area contributed by atoms with Gasteiger partial charge in [0.05, 0.1) is 6.10 Å². The molecule has 1 aliphatic heterocycles. The van der Waals surface area contributed by atoms with Crippen LogP contribution in [0.3, 0.4) is 0 Å². The molecule has 0 aromatic carbocycles. The molecule has 0 amide bonds. The quantitative estimate of drug-likeness (QED) is 0.592. The van der Waals surface area contributed by atoms with Gasteiger partial charge in [0.1, 0.15) is 0 Å². The Morgan fingerprint density at radius 2 is 2.31 bits per heavy atom. The molecule has 0 saturated carbocycles. The van der Waals surface area contributed by atoms with E-state index < -0.39 is 0 Å². The molecule has 1 aliphatic rings. The number of hydrogen-bond donors (Lipinski definition) is 1. The Hall–Kier alpha value is -0.160. The van der Waals surface area contributed by atoms with Gasteiger partial charge < -0.3 is 19.7 Å². The van der Waals surface area contributed by atoms with Crippen molar-refractivity contribution < 1.29 is 9.47 Å². The van der Waals surface area contributed by atoms with Crippen LogP contribution in [0.4, 0.5) is 0 Å². The van der Waals surface area contributed by atoms with Crippen molar-refractivity contribution in [2.75, 3.05) is 53.6 Å². The summed E-state index contributed by atoms with van der Waals surface area (Å²) in [5.41, 5.74) is 0. The third kappa shape index (κ3) is 6.43. The van der Waals surface area contributed by atoms with Crippen LogP contribution in [0.1, 0.15) is 19.3 Å². The molecule has 1 unspecified atom stereocenters. The summed E-state index contributed by atoms with van der Waals surface area (Å²) >= 11 is 0. The van der Waals surface area contributed by atoms with Gasteiger partial charge in [-0.05, 0) is 26.3 Å². The zero-order valence-corrected chi connectivity index (χ0v) is 10.7. The SMILES string of the molecule is COCCCN(C)CCNCC1CCCO1. The molecule has 4 heteroatoms. The molecule has 0 bridgehead atoms. The van der Waals surface area contributed by atoms with Crippen LogP contribution in [0.2, 0.25) is 0 Å². The van der Waals surface area contributed by atoms with Crippen molar-refractivity contribution in [2.45, 2.75) is 25.4 Å². The minimum absolute atomic E-state index is 0.457. The normalized spacial score (nSPS) is 20.8. The zero-order valence-electron chi connectivity index (χ0n) is 10.7. The summed E-state index contributed by atoms with van der Waals surface area (Å²) in [7, 11) is 3.91. The molecule has 16 heavy (non-hydrogen) atoms. The van der Waals surface area contributed by atoms with E-state index in [9.17, 15) is 0 Å². The maximum Gasteiger partial charge on any atom is 0.0700 e. The van der Waals surface area contributed by atoms with Gasteiger partial charge in [-0.3, -0.25) is 0 Å². The van der Waals surface area contributed by atoms with Crippen molar-refractivity contribution in [3.8, 4) is 0 Å². The summed E-state index contributed by atoms with van der Waals surface area (Å²) in [5.74, 6) is 0. The Morgan fingerprint density at radius 3 is 3.00 bits per heavy atom. The topological polar surface area (TPSA) is 33.7 Å². The molecule has 1 heterocycles. The van der Waals surface area contributed by atoms with Crippen molar-refractivity contribution in [2.24, 2.45) is 0 Å². The molecule has 96 valence electrons. The minimum Gasteiger partial charge on any atom is -0.385 e. The number of ether oxygens (including phenoxy) is 2. The van der Waals surface area contributed by atoms with E-state index >= 15 is 0 Å². The average molecular weight is 230 g/mol. The smallest absolute Gasteiger partial charge is 0.0700 e. The maximum absolute atomic E-state index is 5.55. The Bertz CT molecular complexity index is 161. The van der Waals surface area contributed by atoms with Gasteiger partial charge in [0.15, 0.2) is 0 Å². The third-order valence-corrected chi connectivity index (χ3v) is 2.95. The second kappa shape index (κ2) is 8.93. The number of nitrogens with zero attached hydrogens (tertiary/aromatic N) is 1.